The van der Waals surface area contributed by atoms with Crippen molar-refractivity contribution in [2.45, 2.75) is 26.2 Å². The molecule has 1 fully saturated rings. The fraction of sp³-hybridized carbons (Fsp3) is 0.929. The summed E-state index contributed by atoms with van der Waals surface area (Å²) in [5.41, 5.74) is 0. The predicted molar refractivity (Wildman–Crippen MR) is 79.1 cm³/mol. The maximum atomic E-state index is 4.71. The number of piperidine rings is 1. The third-order valence-electron chi connectivity index (χ3n) is 3.74. The molecular formula is C14H30N4. The van der Waals surface area contributed by atoms with E-state index in [0.717, 1.165) is 18.4 Å². The molecule has 0 aromatic carbocycles. The van der Waals surface area contributed by atoms with E-state index >= 15 is 0 Å². The van der Waals surface area contributed by atoms with Gasteiger partial charge in [-0.25, -0.2) is 0 Å². The molecule has 1 heterocycles. The van der Waals surface area contributed by atoms with E-state index in [1.807, 2.05) is 0 Å². The lowest BCUT2D eigenvalue weighted by Gasteiger charge is -2.31. The van der Waals surface area contributed by atoms with Crippen LogP contribution in [-0.4, -0.2) is 75.0 Å². The summed E-state index contributed by atoms with van der Waals surface area (Å²) >= 11 is 0. The monoisotopic (exact) mass is 254 g/mol. The first kappa shape index (κ1) is 15.3. The summed E-state index contributed by atoms with van der Waals surface area (Å²) in [6.07, 6.45) is 3.94. The number of hydrogen-bond acceptors (Lipinski definition) is 2. The van der Waals surface area contributed by atoms with Crippen molar-refractivity contribution in [3.8, 4) is 0 Å². The molecule has 0 radical (unpaired) electrons. The quantitative estimate of drug-likeness (QED) is 0.562. The van der Waals surface area contributed by atoms with Crippen molar-refractivity contribution in [3.05, 3.63) is 0 Å². The molecule has 1 aliphatic rings. The standard InChI is InChI=1S/C14H30N4/c1-6-18-11-8-13(9-12-18)7-10-15-14(16(2)3)17(4)5/h13H,6-12H2,1-5H3. The maximum absolute atomic E-state index is 4.71. The van der Waals surface area contributed by atoms with Gasteiger partial charge in [-0.1, -0.05) is 6.92 Å². The fourth-order valence-corrected chi connectivity index (χ4v) is 2.62. The van der Waals surface area contributed by atoms with Crippen molar-refractivity contribution in [1.82, 2.24) is 14.7 Å². The second-order valence-corrected chi connectivity index (χ2v) is 5.64. The van der Waals surface area contributed by atoms with Gasteiger partial charge in [0.05, 0.1) is 0 Å². The number of rotatable bonds is 4. The Morgan fingerprint density at radius 1 is 1.11 bits per heavy atom. The zero-order valence-corrected chi connectivity index (χ0v) is 12.8. The van der Waals surface area contributed by atoms with Crippen LogP contribution in [0.2, 0.25) is 0 Å². The Hall–Kier alpha value is -0.770. The summed E-state index contributed by atoms with van der Waals surface area (Å²) in [4.78, 5) is 11.4. The van der Waals surface area contributed by atoms with E-state index in [1.165, 1.54) is 38.9 Å². The van der Waals surface area contributed by atoms with Crippen molar-refractivity contribution in [2.24, 2.45) is 10.9 Å². The van der Waals surface area contributed by atoms with E-state index < -0.39 is 0 Å². The van der Waals surface area contributed by atoms with E-state index in [-0.39, 0.29) is 0 Å². The van der Waals surface area contributed by atoms with Crippen molar-refractivity contribution >= 4 is 5.96 Å². The van der Waals surface area contributed by atoms with Crippen LogP contribution in [0, 0.1) is 5.92 Å². The lowest BCUT2D eigenvalue weighted by molar-refractivity contribution is 0.188. The van der Waals surface area contributed by atoms with Crippen LogP contribution in [0.15, 0.2) is 4.99 Å². The highest BCUT2D eigenvalue weighted by Crippen LogP contribution is 2.20. The highest BCUT2D eigenvalue weighted by atomic mass is 15.3. The van der Waals surface area contributed by atoms with Gasteiger partial charge in [0.25, 0.3) is 0 Å². The van der Waals surface area contributed by atoms with Gasteiger partial charge in [-0.05, 0) is 44.8 Å². The van der Waals surface area contributed by atoms with Crippen molar-refractivity contribution in [3.63, 3.8) is 0 Å². The Labute approximate surface area is 113 Å². The van der Waals surface area contributed by atoms with E-state index in [4.69, 9.17) is 4.99 Å². The maximum Gasteiger partial charge on any atom is 0.195 e. The Kier molecular flexibility index (Phi) is 6.47. The van der Waals surface area contributed by atoms with Gasteiger partial charge in [-0.3, -0.25) is 4.99 Å². The number of guanidine groups is 1. The SMILES string of the molecule is CCN1CCC(CCN=C(N(C)C)N(C)C)CC1. The molecule has 0 spiro atoms. The van der Waals surface area contributed by atoms with Crippen LogP contribution in [0.25, 0.3) is 0 Å². The molecule has 0 amide bonds. The van der Waals surface area contributed by atoms with Gasteiger partial charge in [0.1, 0.15) is 0 Å². The van der Waals surface area contributed by atoms with Crippen LogP contribution in [0.1, 0.15) is 26.2 Å². The molecule has 4 nitrogen and oxygen atoms in total. The average molecular weight is 254 g/mol. The lowest BCUT2D eigenvalue weighted by atomic mass is 9.94. The van der Waals surface area contributed by atoms with Crippen LogP contribution in [0.3, 0.4) is 0 Å². The first-order valence-electron chi connectivity index (χ1n) is 7.16. The molecular weight excluding hydrogens is 224 g/mol. The lowest BCUT2D eigenvalue weighted by Crippen LogP contribution is -2.36. The summed E-state index contributed by atoms with van der Waals surface area (Å²) in [6.45, 7) is 6.97. The van der Waals surface area contributed by atoms with Crippen molar-refractivity contribution < 1.29 is 0 Å². The molecule has 106 valence electrons. The molecule has 4 heteroatoms. The third-order valence-corrected chi connectivity index (χ3v) is 3.74. The molecule has 0 N–H and O–H groups in total. The summed E-state index contributed by atoms with van der Waals surface area (Å²) in [7, 11) is 8.22. The van der Waals surface area contributed by atoms with Crippen LogP contribution in [0.4, 0.5) is 0 Å². The van der Waals surface area contributed by atoms with Crippen molar-refractivity contribution in [1.29, 1.82) is 0 Å². The van der Waals surface area contributed by atoms with Crippen LogP contribution >= 0.6 is 0 Å². The zero-order valence-electron chi connectivity index (χ0n) is 12.8. The zero-order chi connectivity index (χ0) is 13.5. The topological polar surface area (TPSA) is 22.1 Å². The molecule has 0 bridgehead atoms. The Bertz CT molecular complexity index is 243. The third kappa shape index (κ3) is 4.84. The van der Waals surface area contributed by atoms with Gasteiger partial charge in [0.15, 0.2) is 5.96 Å². The van der Waals surface area contributed by atoms with Crippen LogP contribution in [0.5, 0.6) is 0 Å². The average Bonchev–Trinajstić information content (AvgIpc) is 2.34. The highest BCUT2D eigenvalue weighted by Gasteiger charge is 2.17. The second-order valence-electron chi connectivity index (χ2n) is 5.64. The minimum absolute atomic E-state index is 0.877. The van der Waals surface area contributed by atoms with E-state index in [0.29, 0.717) is 0 Å². The molecule has 0 aliphatic carbocycles. The first-order chi connectivity index (χ1) is 8.54. The Morgan fingerprint density at radius 3 is 2.11 bits per heavy atom. The Balaban J connectivity index is 2.31. The molecule has 1 saturated heterocycles. The Morgan fingerprint density at radius 2 is 1.67 bits per heavy atom. The van der Waals surface area contributed by atoms with Crippen molar-refractivity contribution in [2.75, 3.05) is 54.4 Å². The number of hydrogen-bond donors (Lipinski definition) is 0. The van der Waals surface area contributed by atoms with Gasteiger partial charge >= 0.3 is 0 Å². The van der Waals surface area contributed by atoms with Gasteiger partial charge in [-0.2, -0.15) is 0 Å². The number of aliphatic imine (C=N–C) groups is 1. The van der Waals surface area contributed by atoms with E-state index in [1.54, 1.807) is 0 Å². The fourth-order valence-electron chi connectivity index (χ4n) is 2.62. The number of nitrogens with zero attached hydrogens (tertiary/aromatic N) is 4. The molecule has 0 saturated carbocycles. The normalized spacial score (nSPS) is 17.6. The smallest absolute Gasteiger partial charge is 0.195 e. The van der Waals surface area contributed by atoms with Gasteiger partial charge < -0.3 is 14.7 Å². The van der Waals surface area contributed by atoms with Gasteiger partial charge in [0.2, 0.25) is 0 Å². The summed E-state index contributed by atoms with van der Waals surface area (Å²) in [5, 5.41) is 0. The molecule has 18 heavy (non-hydrogen) atoms. The summed E-state index contributed by atoms with van der Waals surface area (Å²) in [5.74, 6) is 1.95. The van der Waals surface area contributed by atoms with Crippen LogP contribution < -0.4 is 0 Å². The predicted octanol–water partition coefficient (Wildman–Crippen LogP) is 1.59. The minimum atomic E-state index is 0.877. The molecule has 0 aromatic heterocycles. The van der Waals surface area contributed by atoms with Gasteiger partial charge in [0, 0.05) is 34.7 Å². The molecule has 0 atom stereocenters. The molecule has 1 aliphatic heterocycles. The largest absolute Gasteiger partial charge is 0.349 e. The number of likely N-dealkylation sites (tertiary alicyclic amines) is 1. The van der Waals surface area contributed by atoms with Gasteiger partial charge in [-0.15, -0.1) is 0 Å². The molecule has 1 rings (SSSR count). The van der Waals surface area contributed by atoms with E-state index in [2.05, 4.69) is 49.8 Å². The molecule has 0 aromatic rings. The summed E-state index contributed by atoms with van der Waals surface area (Å²) < 4.78 is 0. The highest BCUT2D eigenvalue weighted by molar-refractivity contribution is 5.79. The van der Waals surface area contributed by atoms with E-state index in [9.17, 15) is 0 Å². The summed E-state index contributed by atoms with van der Waals surface area (Å²) in [6, 6.07) is 0. The van der Waals surface area contributed by atoms with Crippen LogP contribution in [-0.2, 0) is 0 Å². The first-order valence-corrected chi connectivity index (χ1v) is 7.16. The second kappa shape index (κ2) is 7.62. The minimum Gasteiger partial charge on any atom is -0.349 e. The molecule has 0 unspecified atom stereocenters.